The molecule has 0 bridgehead atoms. The summed E-state index contributed by atoms with van der Waals surface area (Å²) >= 11 is 1.54. The quantitative estimate of drug-likeness (QED) is 0.744. The standard InChI is InChI=1S/C15H14N4OS/c1-10-3-2-4-11(7-10)15-18-13(19-20-15)9-21-14-6-5-12(16)8-17-14/h2-8H,9,16H2,1H3. The molecule has 0 saturated heterocycles. The molecule has 6 heteroatoms. The van der Waals surface area contributed by atoms with Gasteiger partial charge >= 0.3 is 0 Å². The van der Waals surface area contributed by atoms with E-state index in [4.69, 9.17) is 10.3 Å². The number of nitrogens with two attached hydrogens (primary N) is 1. The molecule has 2 aromatic heterocycles. The molecule has 1 aromatic carbocycles. The summed E-state index contributed by atoms with van der Waals surface area (Å²) in [6.07, 6.45) is 1.64. The Hall–Kier alpha value is -2.34. The van der Waals surface area contributed by atoms with E-state index in [2.05, 4.69) is 15.1 Å². The molecule has 0 amide bonds. The Bertz CT molecular complexity index is 739. The van der Waals surface area contributed by atoms with E-state index in [1.54, 1.807) is 18.0 Å². The van der Waals surface area contributed by atoms with Gasteiger partial charge in [0.15, 0.2) is 5.82 Å². The second-order valence-corrected chi connectivity index (χ2v) is 5.60. The predicted molar refractivity (Wildman–Crippen MR) is 82.7 cm³/mol. The minimum Gasteiger partial charge on any atom is -0.397 e. The van der Waals surface area contributed by atoms with E-state index in [0.29, 0.717) is 23.2 Å². The first-order chi connectivity index (χ1) is 10.2. The van der Waals surface area contributed by atoms with E-state index >= 15 is 0 Å². The van der Waals surface area contributed by atoms with Gasteiger partial charge in [-0.3, -0.25) is 0 Å². The molecule has 0 atom stereocenters. The Morgan fingerprint density at radius 3 is 2.90 bits per heavy atom. The molecule has 21 heavy (non-hydrogen) atoms. The zero-order valence-corrected chi connectivity index (χ0v) is 12.3. The van der Waals surface area contributed by atoms with Gasteiger partial charge in [0.05, 0.1) is 22.7 Å². The van der Waals surface area contributed by atoms with Crippen molar-refractivity contribution >= 4 is 17.4 Å². The highest BCUT2D eigenvalue weighted by Crippen LogP contribution is 2.23. The Morgan fingerprint density at radius 1 is 1.24 bits per heavy atom. The van der Waals surface area contributed by atoms with Gasteiger partial charge in [-0.2, -0.15) is 4.98 Å². The van der Waals surface area contributed by atoms with Crippen LogP contribution in [0.2, 0.25) is 0 Å². The van der Waals surface area contributed by atoms with E-state index in [1.807, 2.05) is 43.3 Å². The van der Waals surface area contributed by atoms with E-state index in [1.165, 1.54) is 0 Å². The first-order valence-electron chi connectivity index (χ1n) is 6.45. The smallest absolute Gasteiger partial charge is 0.257 e. The Balaban J connectivity index is 1.69. The fraction of sp³-hybridized carbons (Fsp3) is 0.133. The van der Waals surface area contributed by atoms with Crippen molar-refractivity contribution < 1.29 is 4.52 Å². The third-order valence-electron chi connectivity index (χ3n) is 2.84. The lowest BCUT2D eigenvalue weighted by molar-refractivity contribution is 0.425. The minimum atomic E-state index is 0.541. The van der Waals surface area contributed by atoms with Crippen LogP contribution in [-0.2, 0) is 5.75 Å². The third kappa shape index (κ3) is 3.41. The van der Waals surface area contributed by atoms with Crippen LogP contribution in [0.3, 0.4) is 0 Å². The van der Waals surface area contributed by atoms with Crippen molar-refractivity contribution in [2.45, 2.75) is 17.7 Å². The van der Waals surface area contributed by atoms with E-state index in [0.717, 1.165) is 16.2 Å². The van der Waals surface area contributed by atoms with Crippen LogP contribution in [0.15, 0.2) is 52.1 Å². The molecule has 0 unspecified atom stereocenters. The van der Waals surface area contributed by atoms with Gasteiger partial charge in [-0.25, -0.2) is 4.98 Å². The van der Waals surface area contributed by atoms with Crippen LogP contribution in [0.1, 0.15) is 11.4 Å². The van der Waals surface area contributed by atoms with Crippen LogP contribution in [-0.4, -0.2) is 15.1 Å². The lowest BCUT2D eigenvalue weighted by Crippen LogP contribution is -1.88. The average Bonchev–Trinajstić information content (AvgIpc) is 2.96. The molecule has 0 spiro atoms. The van der Waals surface area contributed by atoms with Crippen LogP contribution in [0.4, 0.5) is 5.69 Å². The monoisotopic (exact) mass is 298 g/mol. The fourth-order valence-electron chi connectivity index (χ4n) is 1.82. The second kappa shape index (κ2) is 5.97. The normalized spacial score (nSPS) is 10.7. The van der Waals surface area contributed by atoms with Crippen molar-refractivity contribution in [3.63, 3.8) is 0 Å². The highest BCUT2D eigenvalue weighted by Gasteiger charge is 2.09. The van der Waals surface area contributed by atoms with Crippen molar-refractivity contribution in [3.8, 4) is 11.5 Å². The highest BCUT2D eigenvalue weighted by molar-refractivity contribution is 7.98. The molecule has 0 aliphatic rings. The van der Waals surface area contributed by atoms with Gasteiger partial charge in [0.25, 0.3) is 5.89 Å². The van der Waals surface area contributed by atoms with Gasteiger partial charge in [-0.15, -0.1) is 0 Å². The summed E-state index contributed by atoms with van der Waals surface area (Å²) in [6, 6.07) is 11.7. The van der Waals surface area contributed by atoms with Crippen LogP contribution >= 0.6 is 11.8 Å². The van der Waals surface area contributed by atoms with Crippen LogP contribution in [0, 0.1) is 6.92 Å². The molecule has 106 valence electrons. The molecule has 0 aliphatic heterocycles. The molecule has 0 saturated carbocycles. The lowest BCUT2D eigenvalue weighted by Gasteiger charge is -1.97. The maximum Gasteiger partial charge on any atom is 0.257 e. The summed E-state index contributed by atoms with van der Waals surface area (Å²) in [5.41, 5.74) is 8.35. The Morgan fingerprint density at radius 2 is 2.14 bits per heavy atom. The van der Waals surface area contributed by atoms with Crippen molar-refractivity contribution in [1.29, 1.82) is 0 Å². The molecule has 0 aliphatic carbocycles. The number of hydrogen-bond acceptors (Lipinski definition) is 6. The molecule has 0 radical (unpaired) electrons. The largest absolute Gasteiger partial charge is 0.397 e. The maximum absolute atomic E-state index is 5.60. The second-order valence-electron chi connectivity index (χ2n) is 4.60. The van der Waals surface area contributed by atoms with E-state index in [-0.39, 0.29) is 0 Å². The maximum atomic E-state index is 5.60. The Labute approximate surface area is 126 Å². The van der Waals surface area contributed by atoms with E-state index in [9.17, 15) is 0 Å². The van der Waals surface area contributed by atoms with Gasteiger partial charge in [0.1, 0.15) is 0 Å². The topological polar surface area (TPSA) is 77.8 Å². The summed E-state index contributed by atoms with van der Waals surface area (Å²) in [5.74, 6) is 1.79. The zero-order chi connectivity index (χ0) is 14.7. The molecular formula is C15H14N4OS. The van der Waals surface area contributed by atoms with Gasteiger partial charge in [0, 0.05) is 5.56 Å². The molecule has 3 rings (SSSR count). The number of rotatable bonds is 4. The van der Waals surface area contributed by atoms with Gasteiger partial charge in [-0.1, -0.05) is 34.6 Å². The number of aryl methyl sites for hydroxylation is 1. The molecule has 5 nitrogen and oxygen atoms in total. The van der Waals surface area contributed by atoms with Crippen molar-refractivity contribution in [3.05, 3.63) is 54.0 Å². The van der Waals surface area contributed by atoms with Gasteiger partial charge < -0.3 is 10.3 Å². The van der Waals surface area contributed by atoms with Gasteiger partial charge in [0.2, 0.25) is 0 Å². The average molecular weight is 298 g/mol. The summed E-state index contributed by atoms with van der Waals surface area (Å²) < 4.78 is 5.30. The Kier molecular flexibility index (Phi) is 3.87. The number of nitrogens with zero attached hydrogens (tertiary/aromatic N) is 3. The summed E-state index contributed by atoms with van der Waals surface area (Å²) in [6.45, 7) is 2.03. The highest BCUT2D eigenvalue weighted by atomic mass is 32.2. The predicted octanol–water partition coefficient (Wildman–Crippen LogP) is 3.31. The molecule has 2 N–H and O–H groups in total. The first kappa shape index (κ1) is 13.6. The third-order valence-corrected chi connectivity index (χ3v) is 3.78. The summed E-state index contributed by atoms with van der Waals surface area (Å²) in [7, 11) is 0. The number of pyridine rings is 1. The number of thioether (sulfide) groups is 1. The minimum absolute atomic E-state index is 0.541. The molecule has 2 heterocycles. The van der Waals surface area contributed by atoms with E-state index < -0.39 is 0 Å². The lowest BCUT2D eigenvalue weighted by atomic mass is 10.1. The summed E-state index contributed by atoms with van der Waals surface area (Å²) in [4.78, 5) is 8.62. The first-order valence-corrected chi connectivity index (χ1v) is 7.43. The van der Waals surface area contributed by atoms with Gasteiger partial charge in [-0.05, 0) is 31.2 Å². The molecular weight excluding hydrogens is 284 g/mol. The SMILES string of the molecule is Cc1cccc(-c2nc(CSc3ccc(N)cn3)no2)c1. The van der Waals surface area contributed by atoms with Crippen LogP contribution < -0.4 is 5.73 Å². The molecule has 3 aromatic rings. The number of benzene rings is 1. The number of anilines is 1. The zero-order valence-electron chi connectivity index (χ0n) is 11.5. The van der Waals surface area contributed by atoms with Crippen molar-refractivity contribution in [2.24, 2.45) is 0 Å². The van der Waals surface area contributed by atoms with Crippen molar-refractivity contribution in [1.82, 2.24) is 15.1 Å². The fourth-order valence-corrected chi connectivity index (χ4v) is 2.51. The number of nitrogen functional groups attached to an aromatic ring is 1. The van der Waals surface area contributed by atoms with Crippen LogP contribution in [0.25, 0.3) is 11.5 Å². The number of hydrogen-bond donors (Lipinski definition) is 1. The van der Waals surface area contributed by atoms with Crippen LogP contribution in [0.5, 0.6) is 0 Å². The van der Waals surface area contributed by atoms with Crippen molar-refractivity contribution in [2.75, 3.05) is 5.73 Å². The molecule has 0 fully saturated rings. The summed E-state index contributed by atoms with van der Waals surface area (Å²) in [5, 5.41) is 4.88. The number of aromatic nitrogens is 3.